The summed E-state index contributed by atoms with van der Waals surface area (Å²) in [4.78, 5) is 23.0. The second kappa shape index (κ2) is 8.20. The first kappa shape index (κ1) is 14.3. The summed E-state index contributed by atoms with van der Waals surface area (Å²) in [6.07, 6.45) is -0.636. The second-order valence-corrected chi connectivity index (χ2v) is 8.21. The van der Waals surface area contributed by atoms with Crippen molar-refractivity contribution < 1.29 is 16.4 Å². The molecule has 1 fully saturated rings. The molecule has 30 heavy (non-hydrogen) atoms. The normalized spacial score (nSPS) is 22.0. The Morgan fingerprint density at radius 2 is 2.07 bits per heavy atom. The van der Waals surface area contributed by atoms with E-state index in [0.29, 0.717) is 13.1 Å². The van der Waals surface area contributed by atoms with Crippen LogP contribution in [0.1, 0.15) is 22.8 Å². The van der Waals surface area contributed by atoms with Crippen LogP contribution in [0, 0.1) is 0 Å². The highest BCUT2D eigenvalue weighted by Gasteiger charge is 2.26. The van der Waals surface area contributed by atoms with E-state index in [1.165, 1.54) is 38.8 Å². The number of methoxy groups -OCH3 is 1. The van der Waals surface area contributed by atoms with Gasteiger partial charge in [-0.15, -0.1) is 0 Å². The topological polar surface area (TPSA) is 61.8 Å². The monoisotopic (exact) mass is 428 g/mol. The minimum Gasteiger partial charge on any atom is -0.481 e. The van der Waals surface area contributed by atoms with Crippen LogP contribution in [0.3, 0.4) is 0 Å². The number of anilines is 1. The summed E-state index contributed by atoms with van der Waals surface area (Å²) in [6, 6.07) is 9.44. The summed E-state index contributed by atoms with van der Waals surface area (Å²) in [7, 11) is -2.70. The maximum atomic E-state index is 13.0. The molecule has 0 aliphatic carbocycles. The first-order valence-corrected chi connectivity index (χ1v) is 10.7. The van der Waals surface area contributed by atoms with Crippen LogP contribution in [0.5, 0.6) is 5.88 Å². The van der Waals surface area contributed by atoms with E-state index in [1.807, 2.05) is 12.1 Å². The molecule has 0 bridgehead atoms. The fraction of sp³-hybridized carbons (Fsp3) is 0.409. The number of pyridine rings is 1. The lowest BCUT2D eigenvalue weighted by Gasteiger charge is -2.36. The molecule has 0 unspecified atom stereocenters. The van der Waals surface area contributed by atoms with Gasteiger partial charge in [0.15, 0.2) is 0 Å². The van der Waals surface area contributed by atoms with Gasteiger partial charge in [-0.3, -0.25) is 9.69 Å². The van der Waals surface area contributed by atoms with Gasteiger partial charge in [-0.05, 0) is 35.6 Å². The van der Waals surface area contributed by atoms with Gasteiger partial charge in [-0.25, -0.2) is 4.98 Å². The third-order valence-electron chi connectivity index (χ3n) is 5.68. The molecule has 0 saturated carbocycles. The zero-order valence-corrected chi connectivity index (χ0v) is 17.2. The van der Waals surface area contributed by atoms with Crippen molar-refractivity contribution in [2.75, 3.05) is 57.8 Å². The van der Waals surface area contributed by atoms with Crippen LogP contribution in [0.15, 0.2) is 36.5 Å². The van der Waals surface area contributed by atoms with E-state index < -0.39 is 13.4 Å². The number of fused-ring (bicyclic) bond motifs is 2. The van der Waals surface area contributed by atoms with Gasteiger partial charge in [0, 0.05) is 66.2 Å². The molecule has 3 aromatic rings. The second-order valence-electron chi connectivity index (χ2n) is 7.40. The number of ether oxygens (including phenoxy) is 1. The fourth-order valence-electron chi connectivity index (χ4n) is 3.96. The summed E-state index contributed by atoms with van der Waals surface area (Å²) in [5.41, 5.74) is 0.247. The third kappa shape index (κ3) is 3.61. The molecule has 0 spiro atoms. The zero-order chi connectivity index (χ0) is 24.8. The highest BCUT2D eigenvalue weighted by molar-refractivity contribution is 7.13. The Bertz CT molecular complexity index is 1240. The lowest BCUT2D eigenvalue weighted by Crippen LogP contribution is -2.49. The van der Waals surface area contributed by atoms with Crippen molar-refractivity contribution in [1.82, 2.24) is 19.2 Å². The van der Waals surface area contributed by atoms with Crippen molar-refractivity contribution in [3.8, 4) is 5.88 Å². The van der Waals surface area contributed by atoms with E-state index in [2.05, 4.69) is 31.3 Å². The molecule has 5 rings (SSSR count). The average Bonchev–Trinajstić information content (AvgIpc) is 3.24. The molecular weight excluding hydrogens is 398 g/mol. The lowest BCUT2D eigenvalue weighted by molar-refractivity contribution is 0.0716. The maximum absolute atomic E-state index is 13.0. The lowest BCUT2D eigenvalue weighted by atomic mass is 10.0. The number of aromatic nitrogens is 2. The molecule has 0 radical (unpaired) electrons. The molecule has 4 heterocycles. The Kier molecular flexibility index (Phi) is 3.91. The molecule has 2 aliphatic rings. The van der Waals surface area contributed by atoms with Gasteiger partial charge >= 0.3 is 0 Å². The van der Waals surface area contributed by atoms with Crippen molar-refractivity contribution in [1.29, 1.82) is 0 Å². The van der Waals surface area contributed by atoms with E-state index in [4.69, 9.17) is 11.6 Å². The van der Waals surface area contributed by atoms with E-state index in [-0.39, 0.29) is 29.5 Å². The Labute approximate surface area is 187 Å². The summed E-state index contributed by atoms with van der Waals surface area (Å²) < 4.78 is 49.2. The molecule has 1 amide bonds. The van der Waals surface area contributed by atoms with Crippen LogP contribution in [0.2, 0.25) is 0 Å². The molecule has 2 aromatic heterocycles. The Morgan fingerprint density at radius 1 is 1.20 bits per heavy atom. The van der Waals surface area contributed by atoms with Gasteiger partial charge in [-0.2, -0.15) is 4.37 Å². The van der Waals surface area contributed by atoms with E-state index >= 15 is 0 Å². The van der Waals surface area contributed by atoms with Crippen LogP contribution >= 0.6 is 11.5 Å². The van der Waals surface area contributed by atoms with Crippen LogP contribution in [0.25, 0.3) is 10.1 Å². The Morgan fingerprint density at radius 3 is 2.93 bits per heavy atom. The number of amides is 1. The number of benzene rings is 1. The molecule has 7 nitrogen and oxygen atoms in total. The quantitative estimate of drug-likeness (QED) is 0.622. The van der Waals surface area contributed by atoms with E-state index in [0.717, 1.165) is 32.0 Å². The SMILES string of the molecule is [2H]C([2H])([2H])Oc1cc2c(cn1)C(=O)N(CCN1CCN(c3nsc4ccccc34)CC1)CC2([2H])[2H]. The van der Waals surface area contributed by atoms with Gasteiger partial charge in [0.1, 0.15) is 5.82 Å². The summed E-state index contributed by atoms with van der Waals surface area (Å²) in [6.45, 7) is 4.24. The van der Waals surface area contributed by atoms with Crippen LogP contribution in [-0.2, 0) is 6.37 Å². The molecule has 8 heteroatoms. The minimum absolute atomic E-state index is 0.108. The van der Waals surface area contributed by atoms with Crippen molar-refractivity contribution in [3.05, 3.63) is 47.7 Å². The first-order valence-electron chi connectivity index (χ1n) is 12.4. The molecule has 0 atom stereocenters. The van der Waals surface area contributed by atoms with Gasteiger partial charge in [0.2, 0.25) is 5.88 Å². The van der Waals surface area contributed by atoms with Crippen molar-refractivity contribution >= 4 is 33.3 Å². The summed E-state index contributed by atoms with van der Waals surface area (Å²) >= 11 is 1.51. The van der Waals surface area contributed by atoms with E-state index in [1.54, 1.807) is 0 Å². The predicted octanol–water partition coefficient (Wildman–Crippen LogP) is 2.52. The molecular formula is C22H25N5O2S. The van der Waals surface area contributed by atoms with Gasteiger partial charge < -0.3 is 14.5 Å². The van der Waals surface area contributed by atoms with Crippen molar-refractivity contribution in [2.24, 2.45) is 0 Å². The van der Waals surface area contributed by atoms with Gasteiger partial charge in [-0.1, -0.05) is 12.1 Å². The highest BCUT2D eigenvalue weighted by atomic mass is 32.1. The van der Waals surface area contributed by atoms with E-state index in [9.17, 15) is 4.79 Å². The van der Waals surface area contributed by atoms with Crippen molar-refractivity contribution in [3.63, 3.8) is 0 Å². The number of nitrogens with zero attached hydrogens (tertiary/aromatic N) is 5. The first-order chi connectivity index (χ1) is 16.6. The number of hydrogen-bond donors (Lipinski definition) is 0. The largest absolute Gasteiger partial charge is 0.481 e. The molecule has 0 N–H and O–H groups in total. The standard InChI is InChI=1S/C22H25N5O2S/c1-29-20-14-16-6-7-27(22(28)18(16)15-23-20)13-10-25-8-11-26(12-9-25)21-17-4-2-3-5-19(17)30-24-21/h2-5,14-15H,6-13H2,1H3/i1D3,6D2. The molecule has 1 saturated heterocycles. The smallest absolute Gasteiger partial charge is 0.255 e. The Hall–Kier alpha value is -2.71. The summed E-state index contributed by atoms with van der Waals surface area (Å²) in [5.74, 6) is 0.492. The van der Waals surface area contributed by atoms with Crippen molar-refractivity contribution in [2.45, 2.75) is 6.37 Å². The van der Waals surface area contributed by atoms with Crippen LogP contribution in [-0.4, -0.2) is 77.9 Å². The highest BCUT2D eigenvalue weighted by Crippen LogP contribution is 2.29. The fourth-order valence-corrected chi connectivity index (χ4v) is 4.75. The zero-order valence-electron chi connectivity index (χ0n) is 21.4. The number of carbonyl (C=O) groups is 1. The minimum atomic E-state index is -2.70. The predicted molar refractivity (Wildman–Crippen MR) is 119 cm³/mol. The number of carbonyl (C=O) groups excluding carboxylic acids is 1. The number of rotatable bonds is 5. The maximum Gasteiger partial charge on any atom is 0.255 e. The number of piperazine rings is 1. The summed E-state index contributed by atoms with van der Waals surface area (Å²) in [5, 5.41) is 1.17. The molecule has 1 aromatic carbocycles. The van der Waals surface area contributed by atoms with Gasteiger partial charge in [0.05, 0.1) is 21.4 Å². The molecule has 156 valence electrons. The molecule has 2 aliphatic heterocycles. The average molecular weight is 429 g/mol. The third-order valence-corrected chi connectivity index (χ3v) is 6.49. The van der Waals surface area contributed by atoms with Crippen LogP contribution < -0.4 is 9.64 Å². The van der Waals surface area contributed by atoms with Crippen LogP contribution in [0.4, 0.5) is 5.82 Å². The number of hydrogen-bond acceptors (Lipinski definition) is 7. The van der Waals surface area contributed by atoms with Gasteiger partial charge in [0.25, 0.3) is 5.91 Å². The Balaban J connectivity index is 1.21.